The van der Waals surface area contributed by atoms with Gasteiger partial charge in [-0.3, -0.25) is 4.40 Å². The molecule has 1 atom stereocenters. The van der Waals surface area contributed by atoms with E-state index in [-0.39, 0.29) is 6.42 Å². The Morgan fingerprint density at radius 1 is 1.42 bits per heavy atom. The van der Waals surface area contributed by atoms with Crippen molar-refractivity contribution in [1.82, 2.24) is 9.38 Å². The van der Waals surface area contributed by atoms with E-state index in [1.165, 1.54) is 17.4 Å². The van der Waals surface area contributed by atoms with Crippen LogP contribution in [-0.4, -0.2) is 14.5 Å². The Bertz CT molecular complexity index is 688. The molecule has 1 unspecified atom stereocenters. The van der Waals surface area contributed by atoms with Crippen LogP contribution >= 0.6 is 11.3 Å². The molecule has 0 bridgehead atoms. The molecule has 0 radical (unpaired) electrons. The lowest BCUT2D eigenvalue weighted by Gasteiger charge is -2.23. The van der Waals surface area contributed by atoms with Gasteiger partial charge < -0.3 is 5.11 Å². The second-order valence-electron chi connectivity index (χ2n) is 4.76. The van der Waals surface area contributed by atoms with Crippen LogP contribution in [-0.2, 0) is 12.0 Å². The van der Waals surface area contributed by atoms with Gasteiger partial charge in [-0.25, -0.2) is 9.37 Å². The monoisotopic (exact) mass is 276 g/mol. The third-order valence-electron chi connectivity index (χ3n) is 3.12. The first-order valence-electron chi connectivity index (χ1n) is 5.95. The van der Waals surface area contributed by atoms with E-state index in [0.717, 1.165) is 10.7 Å². The molecule has 5 heteroatoms. The molecule has 3 nitrogen and oxygen atoms in total. The molecule has 1 aromatic carbocycles. The fourth-order valence-electron chi connectivity index (χ4n) is 2.21. The van der Waals surface area contributed by atoms with Gasteiger partial charge in [-0.1, -0.05) is 18.2 Å². The van der Waals surface area contributed by atoms with E-state index in [9.17, 15) is 9.50 Å². The fourth-order valence-corrected chi connectivity index (χ4v) is 2.93. The number of aliphatic hydroxyl groups is 1. The summed E-state index contributed by atoms with van der Waals surface area (Å²) >= 11 is 1.53. The second-order valence-corrected chi connectivity index (χ2v) is 5.63. The van der Waals surface area contributed by atoms with E-state index in [1.54, 1.807) is 25.1 Å². The number of rotatable bonds is 3. The zero-order chi connectivity index (χ0) is 13.5. The highest BCUT2D eigenvalue weighted by Gasteiger charge is 2.27. The van der Waals surface area contributed by atoms with Crippen LogP contribution < -0.4 is 0 Å². The number of nitrogens with zero attached hydrogens (tertiary/aromatic N) is 2. The van der Waals surface area contributed by atoms with Crippen LogP contribution in [0.3, 0.4) is 0 Å². The number of imidazole rings is 1. The fraction of sp³-hybridized carbons (Fsp3) is 0.214. The molecule has 0 spiro atoms. The third kappa shape index (κ3) is 2.27. The predicted octanol–water partition coefficient (Wildman–Crippen LogP) is 2.99. The summed E-state index contributed by atoms with van der Waals surface area (Å²) in [6, 6.07) is 6.30. The van der Waals surface area contributed by atoms with Crippen molar-refractivity contribution >= 4 is 16.3 Å². The maximum Gasteiger partial charge on any atom is 0.193 e. The van der Waals surface area contributed by atoms with Crippen molar-refractivity contribution in [2.75, 3.05) is 0 Å². The predicted molar refractivity (Wildman–Crippen MR) is 72.7 cm³/mol. The Kier molecular flexibility index (Phi) is 2.88. The number of hydrogen-bond acceptors (Lipinski definition) is 3. The van der Waals surface area contributed by atoms with Crippen LogP contribution in [0, 0.1) is 5.82 Å². The average Bonchev–Trinajstić information content (AvgIpc) is 2.89. The van der Waals surface area contributed by atoms with Crippen molar-refractivity contribution in [1.29, 1.82) is 0 Å². The summed E-state index contributed by atoms with van der Waals surface area (Å²) in [7, 11) is 0. The van der Waals surface area contributed by atoms with Crippen LogP contribution in [0.5, 0.6) is 0 Å². The Morgan fingerprint density at radius 2 is 2.21 bits per heavy atom. The summed E-state index contributed by atoms with van der Waals surface area (Å²) in [5.41, 5.74) is -0.221. The molecule has 3 rings (SSSR count). The van der Waals surface area contributed by atoms with E-state index in [0.29, 0.717) is 5.56 Å². The van der Waals surface area contributed by atoms with Crippen LogP contribution in [0.2, 0.25) is 0 Å². The maximum atomic E-state index is 13.7. The van der Waals surface area contributed by atoms with Crippen molar-refractivity contribution in [2.24, 2.45) is 0 Å². The Labute approximate surface area is 114 Å². The Hall–Kier alpha value is -1.72. The number of benzene rings is 1. The lowest BCUT2D eigenvalue weighted by Crippen LogP contribution is -2.25. The molecular weight excluding hydrogens is 263 g/mol. The summed E-state index contributed by atoms with van der Waals surface area (Å²) in [4.78, 5) is 5.29. The van der Waals surface area contributed by atoms with Crippen LogP contribution in [0.25, 0.3) is 4.96 Å². The van der Waals surface area contributed by atoms with Gasteiger partial charge in [0.05, 0.1) is 11.3 Å². The number of fused-ring (bicyclic) bond motifs is 1. The lowest BCUT2D eigenvalue weighted by atomic mass is 9.91. The van der Waals surface area contributed by atoms with Gasteiger partial charge in [-0.05, 0) is 13.0 Å². The highest BCUT2D eigenvalue weighted by Crippen LogP contribution is 2.27. The van der Waals surface area contributed by atoms with Crippen molar-refractivity contribution in [3.63, 3.8) is 0 Å². The minimum atomic E-state index is -1.27. The summed E-state index contributed by atoms with van der Waals surface area (Å²) in [6.45, 7) is 1.61. The summed E-state index contributed by atoms with van der Waals surface area (Å²) < 4.78 is 15.6. The number of aromatic nitrogens is 2. The van der Waals surface area contributed by atoms with Gasteiger partial charge in [0.25, 0.3) is 0 Å². The molecule has 0 amide bonds. The number of halogens is 1. The van der Waals surface area contributed by atoms with Crippen molar-refractivity contribution in [3.05, 3.63) is 59.1 Å². The van der Waals surface area contributed by atoms with Gasteiger partial charge >= 0.3 is 0 Å². The van der Waals surface area contributed by atoms with Gasteiger partial charge in [0.1, 0.15) is 5.82 Å². The van der Waals surface area contributed by atoms with Gasteiger partial charge in [-0.2, -0.15) is 0 Å². The minimum Gasteiger partial charge on any atom is -0.385 e. The summed E-state index contributed by atoms with van der Waals surface area (Å²) in [5.74, 6) is -0.395. The molecule has 0 aliphatic rings. The molecule has 0 aliphatic carbocycles. The van der Waals surface area contributed by atoms with E-state index in [1.807, 2.05) is 22.2 Å². The highest BCUT2D eigenvalue weighted by molar-refractivity contribution is 7.15. The molecule has 0 aliphatic heterocycles. The van der Waals surface area contributed by atoms with Crippen molar-refractivity contribution in [3.8, 4) is 0 Å². The van der Waals surface area contributed by atoms with Gasteiger partial charge in [0.15, 0.2) is 4.96 Å². The molecular formula is C14H13FN2OS. The molecule has 1 N–H and O–H groups in total. The number of thiazole rings is 1. The first kappa shape index (κ1) is 12.3. The van der Waals surface area contributed by atoms with Crippen LogP contribution in [0.4, 0.5) is 4.39 Å². The standard InChI is InChI=1S/C14H13FN2OS/c1-14(18,11-4-2-3-5-12(11)15)8-10-9-17-6-7-19-13(17)16-10/h2-7,9,18H,8H2,1H3. The van der Waals surface area contributed by atoms with Crippen LogP contribution in [0.15, 0.2) is 42.0 Å². The van der Waals surface area contributed by atoms with E-state index >= 15 is 0 Å². The smallest absolute Gasteiger partial charge is 0.193 e. The van der Waals surface area contributed by atoms with E-state index in [4.69, 9.17) is 0 Å². The average molecular weight is 276 g/mol. The zero-order valence-electron chi connectivity index (χ0n) is 10.4. The van der Waals surface area contributed by atoms with Gasteiger partial charge in [-0.15, -0.1) is 11.3 Å². The minimum absolute atomic E-state index is 0.280. The normalized spacial score (nSPS) is 14.7. The first-order chi connectivity index (χ1) is 9.06. The SMILES string of the molecule is CC(O)(Cc1cn2ccsc2n1)c1ccccc1F. The Balaban J connectivity index is 1.93. The first-order valence-corrected chi connectivity index (χ1v) is 6.83. The molecule has 0 saturated heterocycles. The topological polar surface area (TPSA) is 37.5 Å². The van der Waals surface area contributed by atoms with Crippen molar-refractivity contribution in [2.45, 2.75) is 18.9 Å². The van der Waals surface area contributed by atoms with E-state index < -0.39 is 11.4 Å². The number of hydrogen-bond donors (Lipinski definition) is 1. The quantitative estimate of drug-likeness (QED) is 0.798. The largest absolute Gasteiger partial charge is 0.385 e. The molecule has 98 valence electrons. The summed E-state index contributed by atoms with van der Waals surface area (Å²) in [6.07, 6.45) is 4.05. The van der Waals surface area contributed by atoms with Gasteiger partial charge in [0, 0.05) is 29.8 Å². The molecule has 19 heavy (non-hydrogen) atoms. The second kappa shape index (κ2) is 4.43. The molecule has 2 aromatic heterocycles. The molecule has 0 saturated carbocycles. The molecule has 2 heterocycles. The zero-order valence-corrected chi connectivity index (χ0v) is 11.2. The Morgan fingerprint density at radius 3 is 2.95 bits per heavy atom. The lowest BCUT2D eigenvalue weighted by molar-refractivity contribution is 0.0529. The molecule has 3 aromatic rings. The van der Waals surface area contributed by atoms with E-state index in [2.05, 4.69) is 4.98 Å². The third-order valence-corrected chi connectivity index (χ3v) is 3.89. The van der Waals surface area contributed by atoms with Crippen LogP contribution in [0.1, 0.15) is 18.2 Å². The van der Waals surface area contributed by atoms with Crippen molar-refractivity contribution < 1.29 is 9.50 Å². The maximum absolute atomic E-state index is 13.7. The molecule has 0 fully saturated rings. The highest BCUT2D eigenvalue weighted by atomic mass is 32.1. The summed E-state index contributed by atoms with van der Waals surface area (Å²) in [5, 5.41) is 12.4. The van der Waals surface area contributed by atoms with Gasteiger partial charge in [0.2, 0.25) is 0 Å².